The Kier molecular flexibility index (Phi) is 33.1. The number of nitrogens with one attached hydrogen (secondary N) is 4. The SMILES string of the molecule is CCC(C)[C@H]1O[C@]2(C=C[C@@H]1C)C[C@@H]1C[C@@H](CC=C(C)[C@@H](O[C@H]3C[C@H](OC)[C@@H](O[C@H]4C[C@H](OC)[C@H](NC(=O)NCNC(=O)N[C@@H]5[C@H](C)O[C@@H](O[C@H]6[C@H](C)O[C@@H](O[C@@H]7C(C)=CC[C@@H]8C[C@@H](C[C@]9(C=C[C@H](C)[C@@H](C(C)CC)O9)O8)OC(=O)[C@@H]8C=C(C)[C@@H](O)[C@H]9OCC(=CC=C[C@@H]7C)[C@]98O)C[C@@H]6OC)C[C@@H]5OC)[C@H](C)O4)[C@H](C)O3)[C@@H](C)C=CC=C3CO[C@@H]4[C@H](O)C(C)=C[C@@H](C(=O)O1)[C@]34O)O2. The summed E-state index contributed by atoms with van der Waals surface area (Å²) in [5.74, 6) is -5.81. The van der Waals surface area contributed by atoms with Crippen LogP contribution in [-0.4, -0.2) is 287 Å². The molecule has 0 aromatic carbocycles. The van der Waals surface area contributed by atoms with E-state index in [9.17, 15) is 39.6 Å². The Bertz CT molecular complexity index is 4020. The van der Waals surface area contributed by atoms with Crippen LogP contribution in [0.1, 0.15) is 188 Å². The molecule has 0 saturated carbocycles. The van der Waals surface area contributed by atoms with Crippen LogP contribution < -0.4 is 21.3 Å². The third kappa shape index (κ3) is 21.9. The van der Waals surface area contributed by atoms with Crippen molar-refractivity contribution in [3.05, 3.63) is 119 Å². The molecular formula is C99H148N4O28. The van der Waals surface area contributed by atoms with E-state index in [1.807, 2.05) is 91.8 Å². The fraction of sp³-hybridized carbons (Fsp3) is 0.758. The molecule has 4 amide bonds. The number of fused-ring (bicyclic) bond motifs is 4. The summed E-state index contributed by atoms with van der Waals surface area (Å²) in [7, 11) is 6.35. The normalized spacial score (nSPS) is 45.0. The van der Waals surface area contributed by atoms with Crippen LogP contribution in [-0.2, 0) is 104 Å². The van der Waals surface area contributed by atoms with Crippen LogP contribution >= 0.6 is 0 Å². The zero-order chi connectivity index (χ0) is 94.0. The molecule has 32 heteroatoms. The summed E-state index contributed by atoms with van der Waals surface area (Å²) in [6.07, 6.45) is 14.7. The standard InChI is InChI=1S/C99H148N4O28/c1-21-50(3)86-56(9)33-35-96(130-86)45-68-39-66(128-96)31-29-54(7)84(52(5)25-23-27-64-47-116-90-82(104)58(11)37-70(92(106)122-68)98(64,90)110)124-78-43-74(114-19)88(62(15)120-78)126-76-41-72(112-17)80(60(13)118-76)102-94(108)100-49-101-95(109)103-81-61(14)119-77(42-73(81)113-18)127-89-63(16)121-79(44-75(89)115-20)125-85-53(6)26-24-28-65-48-117-91-83(105)59(12)38-71(99(65,91)111)93(107)123-69-40-67(32-30-55(85)8)129-97(46-69)36-34-57(10)87(131-97)51(4)22-2/h23-30,33-38,50-53,56-57,60-63,66-91,104-105,110-111H,21-22,31-32,39-49H2,1-20H3,(H2,100,102,108)(H2,101,103,109)/t50?,51?,52-,53-,56-,57-,60-,61-,62-,63-,66+,67+,68-,69-,70-,71-,72-,73-,74-,75-,76-,77-,78-,79-,80+,81+,82+,83+,84-,85-,86+,87+,88-,89-,90+,91+,96+,97+,98+,99+/m0/s1. The van der Waals surface area contributed by atoms with Gasteiger partial charge in [-0.2, -0.15) is 0 Å². The van der Waals surface area contributed by atoms with E-state index in [-0.39, 0.29) is 106 Å². The maximum atomic E-state index is 14.6. The molecule has 12 heterocycles. The lowest BCUT2D eigenvalue weighted by atomic mass is 9.71. The maximum absolute atomic E-state index is 14.6. The molecule has 4 bridgehead atoms. The van der Waals surface area contributed by atoms with Crippen LogP contribution in [0.5, 0.6) is 0 Å². The van der Waals surface area contributed by atoms with Gasteiger partial charge < -0.3 is 136 Å². The van der Waals surface area contributed by atoms with Gasteiger partial charge in [-0.3, -0.25) is 9.59 Å². The molecule has 12 aliphatic heterocycles. The largest absolute Gasteiger partial charge is 0.462 e. The number of carbonyl (C=O) groups is 4. The number of rotatable bonds is 20. The molecule has 0 aromatic heterocycles. The van der Waals surface area contributed by atoms with Crippen LogP contribution in [0.25, 0.3) is 0 Å². The number of aliphatic hydroxyl groups excluding tert-OH is 2. The number of ether oxygens (including phenoxy) is 20. The van der Waals surface area contributed by atoms with Gasteiger partial charge in [0.25, 0.3) is 0 Å². The molecule has 32 nitrogen and oxygen atoms in total. The molecule has 2 spiro atoms. The Morgan fingerprint density at radius 1 is 0.473 bits per heavy atom. The van der Waals surface area contributed by atoms with Gasteiger partial charge in [0, 0.05) is 103 Å². The summed E-state index contributed by atoms with van der Waals surface area (Å²) in [5.41, 5.74) is -0.119. The van der Waals surface area contributed by atoms with E-state index in [0.717, 1.165) is 24.0 Å². The molecule has 2 aliphatic carbocycles. The highest BCUT2D eigenvalue weighted by molar-refractivity contribution is 5.80. The van der Waals surface area contributed by atoms with Crippen LogP contribution in [0.15, 0.2) is 119 Å². The Morgan fingerprint density at radius 3 is 1.21 bits per heavy atom. The highest BCUT2D eigenvalue weighted by Crippen LogP contribution is 2.51. The van der Waals surface area contributed by atoms with Crippen molar-refractivity contribution in [3.63, 3.8) is 0 Å². The number of aliphatic hydroxyl groups is 4. The average molecular weight is 1840 g/mol. The van der Waals surface area contributed by atoms with Crippen molar-refractivity contribution in [2.45, 2.75) is 382 Å². The van der Waals surface area contributed by atoms with Crippen LogP contribution in [0.2, 0.25) is 0 Å². The van der Waals surface area contributed by atoms with Crippen molar-refractivity contribution in [1.29, 1.82) is 0 Å². The molecule has 14 rings (SSSR count). The molecule has 14 aliphatic rings. The fourth-order valence-corrected chi connectivity index (χ4v) is 22.2. The van der Waals surface area contributed by atoms with Gasteiger partial charge in [-0.1, -0.05) is 141 Å². The number of methoxy groups -OCH3 is 4. The van der Waals surface area contributed by atoms with E-state index in [4.69, 9.17) is 94.7 Å². The lowest BCUT2D eigenvalue weighted by molar-refractivity contribution is -0.311. The second-order valence-corrected chi connectivity index (χ2v) is 39.5. The second kappa shape index (κ2) is 42.9. The second-order valence-electron chi connectivity index (χ2n) is 39.5. The summed E-state index contributed by atoms with van der Waals surface area (Å²) in [6.45, 7) is 31.6. The van der Waals surface area contributed by atoms with Crippen LogP contribution in [0.3, 0.4) is 0 Å². The Hall–Kier alpha value is -6.00. The quantitative estimate of drug-likeness (QED) is 0.0319. The van der Waals surface area contributed by atoms with Crippen molar-refractivity contribution in [2.75, 3.05) is 48.3 Å². The van der Waals surface area contributed by atoms with Crippen molar-refractivity contribution in [1.82, 2.24) is 21.3 Å². The van der Waals surface area contributed by atoms with Gasteiger partial charge in [-0.05, 0) is 126 Å². The van der Waals surface area contributed by atoms with Gasteiger partial charge in [0.1, 0.15) is 71.9 Å². The first-order valence-electron chi connectivity index (χ1n) is 47.9. The lowest BCUT2D eigenvalue weighted by Gasteiger charge is -2.48. The molecule has 131 heavy (non-hydrogen) atoms. The number of urea groups is 2. The summed E-state index contributed by atoms with van der Waals surface area (Å²) in [4.78, 5) is 56.6. The van der Waals surface area contributed by atoms with E-state index < -0.39 is 218 Å². The minimum absolute atomic E-state index is 0.0174. The highest BCUT2D eigenvalue weighted by Gasteiger charge is 2.63. The number of amides is 4. The van der Waals surface area contributed by atoms with Gasteiger partial charge in [-0.25, -0.2) is 9.59 Å². The predicted molar refractivity (Wildman–Crippen MR) is 478 cm³/mol. The molecule has 732 valence electrons. The van der Waals surface area contributed by atoms with Crippen molar-refractivity contribution >= 4 is 24.0 Å². The zero-order valence-electron chi connectivity index (χ0n) is 80.1. The third-order valence-corrected chi connectivity index (χ3v) is 30.2. The minimum Gasteiger partial charge on any atom is -0.462 e. The summed E-state index contributed by atoms with van der Waals surface area (Å²) in [5, 5.41) is 59.7. The number of hydrogen-bond acceptors (Lipinski definition) is 28. The zero-order valence-corrected chi connectivity index (χ0v) is 80.1. The Morgan fingerprint density at radius 2 is 0.840 bits per heavy atom. The summed E-state index contributed by atoms with van der Waals surface area (Å²) < 4.78 is 132. The summed E-state index contributed by atoms with van der Waals surface area (Å²) >= 11 is 0. The number of carbonyl (C=O) groups excluding carboxylic acids is 4. The maximum Gasteiger partial charge on any atom is 0.316 e. The van der Waals surface area contributed by atoms with Crippen molar-refractivity contribution in [3.8, 4) is 0 Å². The van der Waals surface area contributed by atoms with E-state index in [0.29, 0.717) is 48.0 Å². The first kappa shape index (κ1) is 101. The highest BCUT2D eigenvalue weighted by atomic mass is 16.8. The van der Waals surface area contributed by atoms with Crippen molar-refractivity contribution in [2.24, 2.45) is 47.3 Å². The van der Waals surface area contributed by atoms with E-state index in [1.54, 1.807) is 66.6 Å². The van der Waals surface area contributed by atoms with E-state index in [2.05, 4.69) is 87.1 Å². The lowest BCUT2D eigenvalue weighted by Crippen LogP contribution is -2.61. The molecule has 2 unspecified atom stereocenters. The number of esters is 2. The molecule has 8 saturated heterocycles. The molecule has 0 aromatic rings. The predicted octanol–water partition coefficient (Wildman–Crippen LogP) is 10.3. The minimum atomic E-state index is -1.90. The number of allylic oxidation sites excluding steroid dienone is 4. The third-order valence-electron chi connectivity index (χ3n) is 30.2. The monoisotopic (exact) mass is 1840 g/mol. The van der Waals surface area contributed by atoms with Gasteiger partial charge in [0.15, 0.2) is 36.7 Å². The summed E-state index contributed by atoms with van der Waals surface area (Å²) in [6, 6.07) is -2.45. The van der Waals surface area contributed by atoms with Crippen molar-refractivity contribution < 1.29 is 134 Å². The van der Waals surface area contributed by atoms with Gasteiger partial charge in [0.2, 0.25) is 0 Å². The topological polar surface area (TPSA) is 382 Å². The number of hydrogen-bond donors (Lipinski definition) is 8. The molecule has 8 N–H and O–H groups in total. The first-order chi connectivity index (χ1) is 62.4. The Labute approximate surface area is 772 Å². The van der Waals surface area contributed by atoms with Crippen LogP contribution in [0.4, 0.5) is 9.59 Å². The van der Waals surface area contributed by atoms with E-state index in [1.165, 1.54) is 0 Å². The average Bonchev–Trinajstić information content (AvgIpc) is 1.65. The van der Waals surface area contributed by atoms with Crippen LogP contribution in [0, 0.1) is 47.3 Å². The van der Waals surface area contributed by atoms with Gasteiger partial charge in [0.05, 0.1) is 117 Å². The fourth-order valence-electron chi connectivity index (χ4n) is 22.2. The first-order valence-corrected chi connectivity index (χ1v) is 47.9. The Balaban J connectivity index is 0.560. The molecule has 40 atom stereocenters. The molecule has 0 radical (unpaired) electrons. The van der Waals surface area contributed by atoms with E-state index >= 15 is 0 Å². The smallest absolute Gasteiger partial charge is 0.316 e. The molecule has 8 fully saturated rings. The molecular weight excluding hydrogens is 1690 g/mol. The van der Waals surface area contributed by atoms with Gasteiger partial charge in [-0.15, -0.1) is 0 Å². The van der Waals surface area contributed by atoms with Gasteiger partial charge >= 0.3 is 24.0 Å².